The molecule has 0 atom stereocenters. The molecular formula is C15H10ClN3O3. The molecule has 0 aliphatic heterocycles. The van der Waals surface area contributed by atoms with Gasteiger partial charge in [-0.3, -0.25) is 0 Å². The third-order valence-electron chi connectivity index (χ3n) is 2.99. The summed E-state index contributed by atoms with van der Waals surface area (Å²) < 4.78 is 5.59. The van der Waals surface area contributed by atoms with Crippen LogP contribution in [0.1, 0.15) is 10.4 Å². The molecule has 0 radical (unpaired) electrons. The van der Waals surface area contributed by atoms with Crippen molar-refractivity contribution in [3.8, 4) is 11.6 Å². The van der Waals surface area contributed by atoms with E-state index in [-0.39, 0.29) is 22.5 Å². The van der Waals surface area contributed by atoms with Crippen molar-refractivity contribution in [3.05, 3.63) is 53.2 Å². The minimum Gasteiger partial charge on any atom is -0.478 e. The van der Waals surface area contributed by atoms with Crippen molar-refractivity contribution in [2.45, 2.75) is 0 Å². The fourth-order valence-corrected chi connectivity index (χ4v) is 2.28. The molecule has 7 heteroatoms. The first-order valence-electron chi connectivity index (χ1n) is 6.27. The van der Waals surface area contributed by atoms with Crippen LogP contribution in [0.2, 0.25) is 5.15 Å². The van der Waals surface area contributed by atoms with Crippen LogP contribution in [-0.2, 0) is 0 Å². The number of ether oxygens (including phenoxy) is 1. The Morgan fingerprint density at radius 1 is 1.18 bits per heavy atom. The van der Waals surface area contributed by atoms with E-state index in [1.807, 2.05) is 0 Å². The fourth-order valence-electron chi connectivity index (χ4n) is 2.10. The van der Waals surface area contributed by atoms with E-state index in [0.29, 0.717) is 11.1 Å². The van der Waals surface area contributed by atoms with Gasteiger partial charge in [-0.15, -0.1) is 0 Å². The van der Waals surface area contributed by atoms with Gasteiger partial charge in [0.05, 0.1) is 5.56 Å². The maximum Gasteiger partial charge on any atom is 0.336 e. The van der Waals surface area contributed by atoms with Crippen molar-refractivity contribution in [2.24, 2.45) is 0 Å². The lowest BCUT2D eigenvalue weighted by atomic mass is 10.0. The first-order chi connectivity index (χ1) is 10.5. The van der Waals surface area contributed by atoms with Crippen molar-refractivity contribution < 1.29 is 14.6 Å². The van der Waals surface area contributed by atoms with Gasteiger partial charge in [-0.1, -0.05) is 23.7 Å². The van der Waals surface area contributed by atoms with Gasteiger partial charge in [0.25, 0.3) is 0 Å². The van der Waals surface area contributed by atoms with Crippen LogP contribution < -0.4 is 10.5 Å². The summed E-state index contributed by atoms with van der Waals surface area (Å²) in [4.78, 5) is 18.9. The first kappa shape index (κ1) is 14.1. The van der Waals surface area contributed by atoms with Gasteiger partial charge in [-0.05, 0) is 35.0 Å². The molecule has 22 heavy (non-hydrogen) atoms. The Labute approximate surface area is 130 Å². The van der Waals surface area contributed by atoms with E-state index in [4.69, 9.17) is 22.1 Å². The Kier molecular flexibility index (Phi) is 3.52. The zero-order chi connectivity index (χ0) is 15.7. The van der Waals surface area contributed by atoms with Gasteiger partial charge in [-0.25, -0.2) is 9.78 Å². The normalized spacial score (nSPS) is 10.6. The number of nitrogen functional groups attached to an aromatic ring is 1. The highest BCUT2D eigenvalue weighted by molar-refractivity contribution is 6.29. The molecule has 1 heterocycles. The predicted octanol–water partition coefficient (Wildman–Crippen LogP) is 3.36. The van der Waals surface area contributed by atoms with Crippen LogP contribution in [0.25, 0.3) is 10.8 Å². The number of nitrogens with zero attached hydrogens (tertiary/aromatic N) is 2. The Morgan fingerprint density at radius 2 is 2.00 bits per heavy atom. The first-order valence-corrected chi connectivity index (χ1v) is 6.65. The minimum atomic E-state index is -0.977. The van der Waals surface area contributed by atoms with Crippen molar-refractivity contribution in [1.82, 2.24) is 9.97 Å². The lowest BCUT2D eigenvalue weighted by Crippen LogP contribution is -1.98. The molecule has 0 saturated carbocycles. The van der Waals surface area contributed by atoms with Crippen LogP contribution in [0.3, 0.4) is 0 Å². The molecule has 0 spiro atoms. The molecule has 0 bridgehead atoms. The smallest absolute Gasteiger partial charge is 0.336 e. The molecule has 0 unspecified atom stereocenters. The minimum absolute atomic E-state index is 0.0106. The molecule has 0 amide bonds. The molecule has 0 fully saturated rings. The number of carboxylic acids is 1. The molecule has 3 rings (SSSR count). The number of benzene rings is 2. The molecule has 0 aliphatic rings. The second kappa shape index (κ2) is 5.50. The molecule has 110 valence electrons. The Morgan fingerprint density at radius 3 is 2.73 bits per heavy atom. The monoisotopic (exact) mass is 315 g/mol. The molecule has 1 aromatic heterocycles. The highest BCUT2D eigenvalue weighted by Crippen LogP contribution is 2.27. The number of rotatable bonds is 3. The third-order valence-corrected chi connectivity index (χ3v) is 3.19. The van der Waals surface area contributed by atoms with Crippen LogP contribution in [0, 0.1) is 0 Å². The fraction of sp³-hybridized carbons (Fsp3) is 0. The summed E-state index contributed by atoms with van der Waals surface area (Å²) in [6.07, 6.45) is 0. The zero-order valence-electron chi connectivity index (χ0n) is 11.2. The molecular weight excluding hydrogens is 306 g/mol. The summed E-state index contributed by atoms with van der Waals surface area (Å²) in [7, 11) is 0. The summed E-state index contributed by atoms with van der Waals surface area (Å²) in [6.45, 7) is 0. The maximum absolute atomic E-state index is 11.2. The van der Waals surface area contributed by atoms with Gasteiger partial charge in [0.15, 0.2) is 0 Å². The summed E-state index contributed by atoms with van der Waals surface area (Å²) in [5.74, 6) is -0.262. The Bertz CT molecular complexity index is 863. The number of anilines is 1. The molecule has 0 aliphatic carbocycles. The van der Waals surface area contributed by atoms with Crippen molar-refractivity contribution >= 4 is 34.3 Å². The van der Waals surface area contributed by atoms with E-state index in [9.17, 15) is 9.90 Å². The third kappa shape index (κ3) is 2.77. The van der Waals surface area contributed by atoms with Gasteiger partial charge in [0.1, 0.15) is 10.9 Å². The van der Waals surface area contributed by atoms with Gasteiger partial charge in [-0.2, -0.15) is 4.98 Å². The number of halogens is 1. The number of hydrogen-bond donors (Lipinski definition) is 2. The summed E-state index contributed by atoms with van der Waals surface area (Å²) >= 11 is 5.79. The molecule has 6 nitrogen and oxygen atoms in total. The topological polar surface area (TPSA) is 98.3 Å². The Balaban J connectivity index is 2.00. The summed E-state index contributed by atoms with van der Waals surface area (Å²) in [6, 6.07) is 11.5. The lowest BCUT2D eigenvalue weighted by molar-refractivity contribution is 0.0699. The van der Waals surface area contributed by atoms with E-state index < -0.39 is 5.97 Å². The average molecular weight is 316 g/mol. The van der Waals surface area contributed by atoms with E-state index in [1.165, 1.54) is 6.07 Å². The number of fused-ring (bicyclic) bond motifs is 1. The van der Waals surface area contributed by atoms with Crippen LogP contribution in [0.5, 0.6) is 11.6 Å². The quantitative estimate of drug-likeness (QED) is 0.719. The van der Waals surface area contributed by atoms with E-state index in [0.717, 1.165) is 5.39 Å². The highest BCUT2D eigenvalue weighted by Gasteiger charge is 2.09. The summed E-state index contributed by atoms with van der Waals surface area (Å²) in [5.41, 5.74) is 5.74. The summed E-state index contributed by atoms with van der Waals surface area (Å²) in [5, 5.41) is 10.7. The van der Waals surface area contributed by atoms with Crippen LogP contribution in [0.4, 0.5) is 5.95 Å². The lowest BCUT2D eigenvalue weighted by Gasteiger charge is -2.08. The Hall–Kier alpha value is -2.86. The highest BCUT2D eigenvalue weighted by atomic mass is 35.5. The van der Waals surface area contributed by atoms with Crippen LogP contribution in [0.15, 0.2) is 42.5 Å². The SMILES string of the molecule is Nc1nc(Cl)cc(Oc2ccc3c(C(=O)O)cccc3c2)n1. The van der Waals surface area contributed by atoms with E-state index in [1.54, 1.807) is 36.4 Å². The number of aromatic carboxylic acids is 1. The standard InChI is InChI=1S/C15H10ClN3O3/c16-12-7-13(19-15(17)18-12)22-9-4-5-10-8(6-9)2-1-3-11(10)14(20)21/h1-7H,(H,20,21)(H2,17,18,19). The number of aromatic nitrogens is 2. The number of nitrogens with two attached hydrogens (primary N) is 1. The number of hydrogen-bond acceptors (Lipinski definition) is 5. The van der Waals surface area contributed by atoms with Crippen LogP contribution >= 0.6 is 11.6 Å². The van der Waals surface area contributed by atoms with Gasteiger partial charge >= 0.3 is 5.97 Å². The van der Waals surface area contributed by atoms with Crippen molar-refractivity contribution in [2.75, 3.05) is 5.73 Å². The average Bonchev–Trinajstić information content (AvgIpc) is 2.45. The van der Waals surface area contributed by atoms with E-state index in [2.05, 4.69) is 9.97 Å². The molecule has 3 aromatic rings. The van der Waals surface area contributed by atoms with Gasteiger partial charge in [0, 0.05) is 6.07 Å². The predicted molar refractivity (Wildman–Crippen MR) is 82.4 cm³/mol. The number of carboxylic acid groups (broad SMARTS) is 1. The van der Waals surface area contributed by atoms with Crippen molar-refractivity contribution in [1.29, 1.82) is 0 Å². The molecule has 3 N–H and O–H groups in total. The zero-order valence-corrected chi connectivity index (χ0v) is 11.9. The number of carbonyl (C=O) groups is 1. The van der Waals surface area contributed by atoms with Crippen molar-refractivity contribution in [3.63, 3.8) is 0 Å². The molecule has 0 saturated heterocycles. The second-order valence-electron chi connectivity index (χ2n) is 4.48. The largest absolute Gasteiger partial charge is 0.478 e. The maximum atomic E-state index is 11.2. The van der Waals surface area contributed by atoms with Gasteiger partial charge in [0.2, 0.25) is 11.8 Å². The second-order valence-corrected chi connectivity index (χ2v) is 4.87. The molecule has 2 aromatic carbocycles. The van der Waals surface area contributed by atoms with Crippen LogP contribution in [-0.4, -0.2) is 21.0 Å². The van der Waals surface area contributed by atoms with Gasteiger partial charge < -0.3 is 15.6 Å². The van der Waals surface area contributed by atoms with E-state index >= 15 is 0 Å².